The second-order valence-electron chi connectivity index (χ2n) is 6.84. The monoisotopic (exact) mass is 497 g/mol. The van der Waals surface area contributed by atoms with Gasteiger partial charge in [-0.2, -0.15) is 0 Å². The molecule has 3 rings (SSSR count). The number of para-hydroxylation sites is 1. The molecule has 2 aromatic carbocycles. The third kappa shape index (κ3) is 4.90. The molecule has 9 nitrogen and oxygen atoms in total. The number of aromatic nitrogens is 2. The summed E-state index contributed by atoms with van der Waals surface area (Å²) in [6.45, 7) is 1.70. The molecule has 0 fully saturated rings. The summed E-state index contributed by atoms with van der Waals surface area (Å²) in [4.78, 5) is 36.2. The Morgan fingerprint density at radius 3 is 2.38 bits per heavy atom. The van der Waals surface area contributed by atoms with E-state index < -0.39 is 26.3 Å². The number of non-ortho nitro benzene ring substituents is 1. The third-order valence-corrected chi connectivity index (χ3v) is 5.42. The Bertz CT molecular complexity index is 1220. The zero-order chi connectivity index (χ0) is 23.6. The van der Waals surface area contributed by atoms with Crippen molar-refractivity contribution in [2.45, 2.75) is 16.9 Å². The van der Waals surface area contributed by atoms with Crippen molar-refractivity contribution in [2.24, 2.45) is 7.05 Å². The maximum absolute atomic E-state index is 13.1. The minimum atomic E-state index is -2.05. The summed E-state index contributed by atoms with van der Waals surface area (Å²) in [5.74, 6) is -0.727. The van der Waals surface area contributed by atoms with Crippen LogP contribution in [0.1, 0.15) is 16.1 Å². The van der Waals surface area contributed by atoms with Crippen molar-refractivity contribution >= 4 is 52.1 Å². The highest BCUT2D eigenvalue weighted by Gasteiger charge is 2.36. The maximum Gasteiger partial charge on any atom is 0.295 e. The minimum Gasteiger partial charge on any atom is -0.356 e. The zero-order valence-corrected chi connectivity index (χ0v) is 19.1. The Morgan fingerprint density at radius 2 is 1.78 bits per heavy atom. The van der Waals surface area contributed by atoms with Crippen LogP contribution in [0.3, 0.4) is 0 Å². The van der Waals surface area contributed by atoms with Gasteiger partial charge in [0.1, 0.15) is 11.9 Å². The van der Waals surface area contributed by atoms with Crippen molar-refractivity contribution in [2.75, 3.05) is 5.32 Å². The molecular weight excluding hydrogens is 481 g/mol. The van der Waals surface area contributed by atoms with Gasteiger partial charge in [-0.1, -0.05) is 59.1 Å². The van der Waals surface area contributed by atoms with E-state index in [1.165, 1.54) is 22.9 Å². The van der Waals surface area contributed by atoms with Crippen LogP contribution < -0.4 is 16.2 Å². The number of nitrogens with zero attached hydrogens (tertiary/aromatic N) is 3. The molecule has 1 atom stereocenters. The summed E-state index contributed by atoms with van der Waals surface area (Å²) in [6, 6.07) is 14.0. The fraction of sp³-hybridized carbons (Fsp3) is 0.200. The van der Waals surface area contributed by atoms with Gasteiger partial charge in [0.05, 0.1) is 16.3 Å². The molecule has 1 unspecified atom stereocenters. The topological polar surface area (TPSA) is 111 Å². The van der Waals surface area contributed by atoms with E-state index in [9.17, 15) is 19.7 Å². The Kier molecular flexibility index (Phi) is 6.82. The lowest BCUT2D eigenvalue weighted by atomic mass is 10.2. The predicted octanol–water partition coefficient (Wildman–Crippen LogP) is 3.93. The van der Waals surface area contributed by atoms with Crippen LogP contribution in [0.2, 0.25) is 0 Å². The van der Waals surface area contributed by atoms with E-state index in [4.69, 9.17) is 34.8 Å². The van der Waals surface area contributed by atoms with E-state index in [1.807, 2.05) is 6.07 Å². The van der Waals surface area contributed by atoms with Crippen molar-refractivity contribution in [1.82, 2.24) is 14.7 Å². The number of nitro groups is 1. The summed E-state index contributed by atoms with van der Waals surface area (Å²) >= 11 is 18.2. The van der Waals surface area contributed by atoms with Crippen LogP contribution in [0.5, 0.6) is 0 Å². The van der Waals surface area contributed by atoms with Gasteiger partial charge in [0.15, 0.2) is 0 Å². The third-order valence-electron chi connectivity index (χ3n) is 4.76. The number of nitro benzene ring substituents is 1. The van der Waals surface area contributed by atoms with E-state index >= 15 is 0 Å². The number of anilines is 1. The first-order valence-electron chi connectivity index (χ1n) is 9.23. The Balaban J connectivity index is 1.94. The van der Waals surface area contributed by atoms with Crippen LogP contribution in [0.25, 0.3) is 5.69 Å². The van der Waals surface area contributed by atoms with Gasteiger partial charge in [-0.15, -0.1) is 0 Å². The molecule has 0 aliphatic heterocycles. The van der Waals surface area contributed by atoms with Crippen LogP contribution in [-0.2, 0) is 7.05 Å². The number of carbonyl (C=O) groups excluding carboxylic acids is 1. The molecule has 3 aromatic rings. The van der Waals surface area contributed by atoms with Gasteiger partial charge in [-0.05, 0) is 25.1 Å². The van der Waals surface area contributed by atoms with E-state index in [1.54, 1.807) is 42.9 Å². The van der Waals surface area contributed by atoms with Crippen LogP contribution in [0.4, 0.5) is 11.4 Å². The summed E-state index contributed by atoms with van der Waals surface area (Å²) in [7, 11) is 1.70. The molecule has 168 valence electrons. The first kappa shape index (κ1) is 23.6. The second-order valence-corrected chi connectivity index (χ2v) is 9.21. The molecule has 0 spiro atoms. The van der Waals surface area contributed by atoms with Crippen LogP contribution in [0.15, 0.2) is 59.4 Å². The molecule has 1 aromatic heterocycles. The number of amides is 1. The molecule has 0 saturated heterocycles. The summed E-state index contributed by atoms with van der Waals surface area (Å²) in [6.07, 6.45) is -1.32. The number of hydrogen-bond acceptors (Lipinski definition) is 5. The van der Waals surface area contributed by atoms with Crippen molar-refractivity contribution in [1.29, 1.82) is 0 Å². The zero-order valence-electron chi connectivity index (χ0n) is 16.9. The predicted molar refractivity (Wildman–Crippen MR) is 124 cm³/mol. The number of benzene rings is 2. The highest BCUT2D eigenvalue weighted by Crippen LogP contribution is 2.31. The van der Waals surface area contributed by atoms with Crippen molar-refractivity contribution in [3.8, 4) is 5.69 Å². The summed E-state index contributed by atoms with van der Waals surface area (Å²) < 4.78 is 0.996. The first-order chi connectivity index (χ1) is 15.0. The van der Waals surface area contributed by atoms with Crippen LogP contribution >= 0.6 is 34.8 Å². The Labute approximate surface area is 197 Å². The molecule has 32 heavy (non-hydrogen) atoms. The molecule has 0 aliphatic rings. The number of nitrogens with one attached hydrogen (secondary N) is 2. The van der Waals surface area contributed by atoms with Gasteiger partial charge in [-0.25, -0.2) is 4.68 Å². The van der Waals surface area contributed by atoms with Gasteiger partial charge in [-0.3, -0.25) is 24.4 Å². The normalized spacial score (nSPS) is 12.3. The van der Waals surface area contributed by atoms with Crippen molar-refractivity contribution in [3.63, 3.8) is 0 Å². The molecule has 12 heteroatoms. The second kappa shape index (κ2) is 9.23. The van der Waals surface area contributed by atoms with Gasteiger partial charge in [0.2, 0.25) is 3.79 Å². The van der Waals surface area contributed by atoms with Gasteiger partial charge >= 0.3 is 0 Å². The quantitative estimate of drug-likeness (QED) is 0.231. The molecule has 0 aliphatic carbocycles. The molecule has 1 amide bonds. The van der Waals surface area contributed by atoms with Gasteiger partial charge < -0.3 is 10.6 Å². The summed E-state index contributed by atoms with van der Waals surface area (Å²) in [5.41, 5.74) is 0.587. The minimum absolute atomic E-state index is 0.00766. The SMILES string of the molecule is Cc1c(NC(NC(=O)c2cccc([N+](=O)[O-])c2)C(Cl)(Cl)Cl)c(=O)n(-c2ccccc2)n1C. The Hall–Kier alpha value is -3.01. The number of rotatable bonds is 6. The average Bonchev–Trinajstić information content (AvgIpc) is 2.96. The first-order valence-corrected chi connectivity index (χ1v) is 10.4. The van der Waals surface area contributed by atoms with E-state index in [0.29, 0.717) is 11.4 Å². The van der Waals surface area contributed by atoms with Crippen LogP contribution in [-0.4, -0.2) is 30.2 Å². The largest absolute Gasteiger partial charge is 0.356 e. The summed E-state index contributed by atoms with van der Waals surface area (Å²) in [5, 5.41) is 16.3. The lowest BCUT2D eigenvalue weighted by Gasteiger charge is -2.26. The van der Waals surface area contributed by atoms with E-state index in [2.05, 4.69) is 10.6 Å². The van der Waals surface area contributed by atoms with E-state index in [0.717, 1.165) is 6.07 Å². The number of hydrogen-bond donors (Lipinski definition) is 2. The fourth-order valence-electron chi connectivity index (χ4n) is 3.05. The number of halogens is 3. The standard InChI is InChI=1S/C20H18Cl3N5O4/c1-12-16(18(30)27(26(12)2)14-8-4-3-5-9-14)24-19(20(21,22)23)25-17(29)13-7-6-10-15(11-13)28(31)32/h3-11,19,24H,1-2H3,(H,25,29). The molecule has 0 bridgehead atoms. The average molecular weight is 499 g/mol. The fourth-order valence-corrected chi connectivity index (χ4v) is 3.38. The molecular formula is C20H18Cl3N5O4. The van der Waals surface area contributed by atoms with Crippen molar-refractivity contribution < 1.29 is 9.72 Å². The lowest BCUT2D eigenvalue weighted by molar-refractivity contribution is -0.384. The Morgan fingerprint density at radius 1 is 1.12 bits per heavy atom. The molecule has 0 saturated carbocycles. The maximum atomic E-state index is 13.1. The lowest BCUT2D eigenvalue weighted by Crippen LogP contribution is -2.49. The van der Waals surface area contributed by atoms with Gasteiger partial charge in [0.25, 0.3) is 17.2 Å². The highest BCUT2D eigenvalue weighted by atomic mass is 35.6. The highest BCUT2D eigenvalue weighted by molar-refractivity contribution is 6.68. The number of carbonyl (C=O) groups is 1. The smallest absolute Gasteiger partial charge is 0.295 e. The molecule has 0 radical (unpaired) electrons. The van der Waals surface area contributed by atoms with E-state index in [-0.39, 0.29) is 16.9 Å². The number of alkyl halides is 3. The molecule has 1 heterocycles. The molecule has 2 N–H and O–H groups in total. The van der Waals surface area contributed by atoms with Crippen LogP contribution in [0, 0.1) is 17.0 Å². The van der Waals surface area contributed by atoms with Gasteiger partial charge in [0, 0.05) is 24.7 Å². The van der Waals surface area contributed by atoms with Crippen molar-refractivity contribution in [3.05, 3.63) is 86.3 Å².